The second kappa shape index (κ2) is 8.51. The summed E-state index contributed by atoms with van der Waals surface area (Å²) in [4.78, 5) is 19.8. The van der Waals surface area contributed by atoms with Crippen LogP contribution in [0.3, 0.4) is 0 Å². The number of likely N-dealkylation sites (tertiary alicyclic amines) is 1. The van der Waals surface area contributed by atoms with Crippen molar-refractivity contribution in [3.8, 4) is 22.9 Å². The summed E-state index contributed by atoms with van der Waals surface area (Å²) in [5.74, 6) is 2.78. The van der Waals surface area contributed by atoms with Crippen LogP contribution in [0, 0.1) is 12.8 Å². The fraction of sp³-hybridized carbons (Fsp3) is 0.375. The standard InChI is InChI=1S/C24H25N3O4/c1-16-2-4-18(5-3-16)24-25-22(31-26-24)15-27-10-8-17(9-11-27)23(28)19-6-7-20-21(14-19)30-13-12-29-20/h2-7,14,17H,8-13,15H2,1H3. The van der Waals surface area contributed by atoms with Gasteiger partial charge in [-0.3, -0.25) is 9.69 Å². The van der Waals surface area contributed by atoms with Gasteiger partial charge in [0, 0.05) is 17.0 Å². The number of nitrogens with zero attached hydrogens (tertiary/aromatic N) is 3. The summed E-state index contributed by atoms with van der Waals surface area (Å²) in [6, 6.07) is 13.6. The zero-order valence-corrected chi connectivity index (χ0v) is 17.5. The van der Waals surface area contributed by atoms with Crippen LogP contribution in [0.4, 0.5) is 0 Å². The number of rotatable bonds is 5. The fourth-order valence-corrected chi connectivity index (χ4v) is 4.12. The first-order chi connectivity index (χ1) is 15.2. The molecule has 5 rings (SSSR count). The lowest BCUT2D eigenvalue weighted by atomic mass is 9.88. The predicted octanol–water partition coefficient (Wildman–Crippen LogP) is 3.91. The van der Waals surface area contributed by atoms with E-state index < -0.39 is 0 Å². The number of carbonyl (C=O) groups excluding carboxylic acids is 1. The first-order valence-corrected chi connectivity index (χ1v) is 10.7. The van der Waals surface area contributed by atoms with Gasteiger partial charge in [0.15, 0.2) is 17.3 Å². The number of hydrogen-bond donors (Lipinski definition) is 0. The van der Waals surface area contributed by atoms with Crippen LogP contribution in [0.25, 0.3) is 11.4 Å². The third-order valence-corrected chi connectivity index (χ3v) is 5.92. The lowest BCUT2D eigenvalue weighted by Crippen LogP contribution is -2.36. The molecule has 0 unspecified atom stereocenters. The molecule has 7 nitrogen and oxygen atoms in total. The monoisotopic (exact) mass is 419 g/mol. The highest BCUT2D eigenvalue weighted by Gasteiger charge is 2.27. The molecule has 0 saturated carbocycles. The molecular formula is C24H25N3O4. The molecule has 0 N–H and O–H groups in total. The van der Waals surface area contributed by atoms with E-state index in [1.807, 2.05) is 49.4 Å². The SMILES string of the molecule is Cc1ccc(-c2noc(CN3CCC(C(=O)c4ccc5c(c4)OCCO5)CC3)n2)cc1. The number of piperidine rings is 1. The van der Waals surface area contributed by atoms with Crippen molar-refractivity contribution in [2.45, 2.75) is 26.3 Å². The van der Waals surface area contributed by atoms with Crippen molar-refractivity contribution >= 4 is 5.78 Å². The van der Waals surface area contributed by atoms with Gasteiger partial charge in [0.2, 0.25) is 11.7 Å². The Morgan fingerprint density at radius 2 is 1.77 bits per heavy atom. The maximum atomic E-state index is 13.0. The number of fused-ring (bicyclic) bond motifs is 1. The van der Waals surface area contributed by atoms with Gasteiger partial charge in [0.25, 0.3) is 0 Å². The van der Waals surface area contributed by atoms with Gasteiger partial charge >= 0.3 is 0 Å². The molecule has 0 spiro atoms. The molecule has 7 heteroatoms. The number of Topliss-reactive ketones (excluding diaryl/α,β-unsaturated/α-hetero) is 1. The van der Waals surface area contributed by atoms with E-state index in [1.54, 1.807) is 0 Å². The lowest BCUT2D eigenvalue weighted by Gasteiger charge is -2.30. The molecule has 1 aromatic heterocycles. The number of ether oxygens (including phenoxy) is 2. The van der Waals surface area contributed by atoms with Crippen molar-refractivity contribution in [3.05, 3.63) is 59.5 Å². The van der Waals surface area contributed by atoms with Crippen molar-refractivity contribution in [3.63, 3.8) is 0 Å². The summed E-state index contributed by atoms with van der Waals surface area (Å²) >= 11 is 0. The lowest BCUT2D eigenvalue weighted by molar-refractivity contribution is 0.0824. The van der Waals surface area contributed by atoms with Gasteiger partial charge in [-0.25, -0.2) is 0 Å². The van der Waals surface area contributed by atoms with E-state index in [0.29, 0.717) is 48.5 Å². The van der Waals surface area contributed by atoms with E-state index in [4.69, 9.17) is 14.0 Å². The van der Waals surface area contributed by atoms with Gasteiger partial charge < -0.3 is 14.0 Å². The average molecular weight is 419 g/mol. The largest absolute Gasteiger partial charge is 0.486 e. The second-order valence-corrected chi connectivity index (χ2v) is 8.15. The molecule has 31 heavy (non-hydrogen) atoms. The maximum absolute atomic E-state index is 13.0. The molecule has 1 fully saturated rings. The van der Waals surface area contributed by atoms with Crippen molar-refractivity contribution in [2.24, 2.45) is 5.92 Å². The number of benzene rings is 2. The van der Waals surface area contributed by atoms with Gasteiger partial charge in [-0.1, -0.05) is 35.0 Å². The molecule has 0 atom stereocenters. The van der Waals surface area contributed by atoms with Crippen LogP contribution in [0.1, 0.15) is 34.7 Å². The zero-order chi connectivity index (χ0) is 21.2. The number of aromatic nitrogens is 2. The van der Waals surface area contributed by atoms with Crippen LogP contribution >= 0.6 is 0 Å². The number of carbonyl (C=O) groups is 1. The van der Waals surface area contributed by atoms with E-state index >= 15 is 0 Å². The smallest absolute Gasteiger partial charge is 0.241 e. The summed E-state index contributed by atoms with van der Waals surface area (Å²) in [6.45, 7) is 5.36. The first-order valence-electron chi connectivity index (χ1n) is 10.7. The quantitative estimate of drug-likeness (QED) is 0.580. The molecule has 0 bridgehead atoms. The molecule has 160 valence electrons. The molecule has 1 saturated heterocycles. The molecule has 3 aromatic rings. The maximum Gasteiger partial charge on any atom is 0.241 e. The normalized spacial score (nSPS) is 16.9. The highest BCUT2D eigenvalue weighted by Crippen LogP contribution is 2.32. The predicted molar refractivity (Wildman–Crippen MR) is 114 cm³/mol. The molecule has 3 heterocycles. The minimum atomic E-state index is 0.0182. The molecule has 2 aliphatic heterocycles. The van der Waals surface area contributed by atoms with Crippen LogP contribution in [0.15, 0.2) is 47.0 Å². The molecule has 0 amide bonds. The van der Waals surface area contributed by atoms with Gasteiger partial charge in [-0.05, 0) is 51.1 Å². The third-order valence-electron chi connectivity index (χ3n) is 5.92. The minimum Gasteiger partial charge on any atom is -0.486 e. The Morgan fingerprint density at radius 1 is 1.03 bits per heavy atom. The van der Waals surface area contributed by atoms with Gasteiger partial charge in [-0.15, -0.1) is 0 Å². The van der Waals surface area contributed by atoms with Gasteiger partial charge in [-0.2, -0.15) is 4.98 Å². The Hall–Kier alpha value is -3.19. The number of hydrogen-bond acceptors (Lipinski definition) is 7. The van der Waals surface area contributed by atoms with E-state index in [2.05, 4.69) is 15.0 Å². The molecule has 0 aliphatic carbocycles. The Bertz CT molecular complexity index is 1070. The Labute approximate surface area is 181 Å². The summed E-state index contributed by atoms with van der Waals surface area (Å²) < 4.78 is 16.6. The fourth-order valence-electron chi connectivity index (χ4n) is 4.12. The van der Waals surface area contributed by atoms with Crippen molar-refractivity contribution in [1.29, 1.82) is 0 Å². The Kier molecular flexibility index (Phi) is 5.42. The summed E-state index contributed by atoms with van der Waals surface area (Å²) in [5, 5.41) is 4.11. The van der Waals surface area contributed by atoms with Crippen LogP contribution in [-0.2, 0) is 6.54 Å². The summed E-state index contributed by atoms with van der Waals surface area (Å²) in [5.41, 5.74) is 2.84. The van der Waals surface area contributed by atoms with Gasteiger partial charge in [0.1, 0.15) is 13.2 Å². The first kappa shape index (κ1) is 19.8. The van der Waals surface area contributed by atoms with Crippen LogP contribution in [0.2, 0.25) is 0 Å². The van der Waals surface area contributed by atoms with Crippen LogP contribution in [-0.4, -0.2) is 47.1 Å². The summed E-state index contributed by atoms with van der Waals surface area (Å²) in [7, 11) is 0. The van der Waals surface area contributed by atoms with Crippen LogP contribution in [0.5, 0.6) is 11.5 Å². The molecular weight excluding hydrogens is 394 g/mol. The van der Waals surface area contributed by atoms with Crippen molar-refractivity contribution < 1.29 is 18.8 Å². The molecule has 2 aromatic carbocycles. The Balaban J connectivity index is 1.17. The third kappa shape index (κ3) is 4.32. The van der Waals surface area contributed by atoms with Gasteiger partial charge in [0.05, 0.1) is 6.54 Å². The average Bonchev–Trinajstić information content (AvgIpc) is 3.27. The second-order valence-electron chi connectivity index (χ2n) is 8.15. The van der Waals surface area contributed by atoms with Crippen molar-refractivity contribution in [2.75, 3.05) is 26.3 Å². The van der Waals surface area contributed by atoms with Crippen molar-refractivity contribution in [1.82, 2.24) is 15.0 Å². The highest BCUT2D eigenvalue weighted by molar-refractivity contribution is 5.98. The topological polar surface area (TPSA) is 77.7 Å². The van der Waals surface area contributed by atoms with E-state index in [9.17, 15) is 4.79 Å². The molecule has 0 radical (unpaired) electrons. The minimum absolute atomic E-state index is 0.0182. The summed E-state index contributed by atoms with van der Waals surface area (Å²) in [6.07, 6.45) is 1.62. The number of ketones is 1. The highest BCUT2D eigenvalue weighted by atomic mass is 16.6. The van der Waals surface area contributed by atoms with E-state index in [0.717, 1.165) is 31.5 Å². The van der Waals surface area contributed by atoms with E-state index in [1.165, 1.54) is 5.56 Å². The van der Waals surface area contributed by atoms with E-state index in [-0.39, 0.29) is 11.7 Å². The number of aryl methyl sites for hydroxylation is 1. The van der Waals surface area contributed by atoms with Crippen LogP contribution < -0.4 is 9.47 Å². The Morgan fingerprint density at radius 3 is 2.55 bits per heavy atom. The molecule has 2 aliphatic rings. The zero-order valence-electron chi connectivity index (χ0n) is 17.5.